The summed E-state index contributed by atoms with van der Waals surface area (Å²) in [6.07, 6.45) is 2.51. The fourth-order valence-corrected chi connectivity index (χ4v) is 2.03. The molecule has 5 nitrogen and oxygen atoms in total. The Morgan fingerprint density at radius 2 is 2.19 bits per heavy atom. The average molecular weight is 314 g/mol. The van der Waals surface area contributed by atoms with Crippen molar-refractivity contribution in [2.24, 2.45) is 0 Å². The molecule has 1 aromatic heterocycles. The number of likely N-dealkylation sites (N-methyl/N-ethyl adjacent to an activating group) is 1. The zero-order valence-corrected chi connectivity index (χ0v) is 13.7. The van der Waals surface area contributed by atoms with E-state index in [2.05, 4.69) is 17.2 Å². The maximum absolute atomic E-state index is 12.5. The molecule has 0 aromatic carbocycles. The van der Waals surface area contributed by atoms with E-state index in [1.165, 1.54) is 6.20 Å². The topological polar surface area (TPSA) is 54.5 Å². The second-order valence-electron chi connectivity index (χ2n) is 4.56. The molecule has 0 spiro atoms. The van der Waals surface area contributed by atoms with Crippen LogP contribution in [0.4, 0.5) is 5.82 Å². The Morgan fingerprint density at radius 1 is 1.43 bits per heavy atom. The van der Waals surface area contributed by atoms with Gasteiger partial charge in [0.1, 0.15) is 5.82 Å². The van der Waals surface area contributed by atoms with Gasteiger partial charge in [-0.1, -0.05) is 18.5 Å². The molecule has 1 heterocycles. The van der Waals surface area contributed by atoms with E-state index in [9.17, 15) is 4.79 Å². The molecule has 1 rings (SSSR count). The molecule has 0 fully saturated rings. The number of ether oxygens (including phenoxy) is 1. The highest BCUT2D eigenvalue weighted by atomic mass is 35.5. The molecular weight excluding hydrogens is 290 g/mol. The van der Waals surface area contributed by atoms with Crippen LogP contribution in [0.3, 0.4) is 0 Å². The predicted octanol–water partition coefficient (Wildman–Crippen LogP) is 3.06. The quantitative estimate of drug-likeness (QED) is 0.712. The van der Waals surface area contributed by atoms with Gasteiger partial charge in [-0.05, 0) is 26.3 Å². The molecule has 0 bridgehead atoms. The van der Waals surface area contributed by atoms with E-state index in [1.54, 1.807) is 11.0 Å². The van der Waals surface area contributed by atoms with Crippen LogP contribution in [-0.2, 0) is 4.74 Å². The molecule has 0 saturated heterocycles. The van der Waals surface area contributed by atoms with Crippen LogP contribution in [0.5, 0.6) is 0 Å². The zero-order chi connectivity index (χ0) is 15.7. The molecule has 1 amide bonds. The van der Waals surface area contributed by atoms with Crippen LogP contribution in [0.15, 0.2) is 12.3 Å². The number of carbonyl (C=O) groups is 1. The highest BCUT2D eigenvalue weighted by Gasteiger charge is 2.18. The third-order valence-corrected chi connectivity index (χ3v) is 3.32. The number of hydrogen-bond donors (Lipinski definition) is 1. The van der Waals surface area contributed by atoms with Crippen LogP contribution in [0.25, 0.3) is 0 Å². The molecule has 0 saturated carbocycles. The van der Waals surface area contributed by atoms with Gasteiger partial charge in [-0.25, -0.2) is 4.98 Å². The fraction of sp³-hybridized carbons (Fsp3) is 0.600. The average Bonchev–Trinajstić information content (AvgIpc) is 2.50. The summed E-state index contributed by atoms with van der Waals surface area (Å²) in [7, 11) is 0. The summed E-state index contributed by atoms with van der Waals surface area (Å²) in [5.74, 6) is 0.578. The molecule has 118 valence electrons. The summed E-state index contributed by atoms with van der Waals surface area (Å²) in [6.45, 7) is 9.10. The second kappa shape index (κ2) is 9.58. The van der Waals surface area contributed by atoms with Crippen LogP contribution < -0.4 is 5.32 Å². The SMILES string of the molecule is CCCNc1cc(C(=O)N(CC)CCOCC)c(Cl)cn1. The van der Waals surface area contributed by atoms with Crippen LogP contribution in [0.1, 0.15) is 37.6 Å². The fourth-order valence-electron chi connectivity index (χ4n) is 1.85. The van der Waals surface area contributed by atoms with Crippen molar-refractivity contribution >= 4 is 23.3 Å². The highest BCUT2D eigenvalue weighted by Crippen LogP contribution is 2.20. The van der Waals surface area contributed by atoms with Gasteiger partial charge in [-0.15, -0.1) is 0 Å². The minimum atomic E-state index is -0.0934. The normalized spacial score (nSPS) is 10.5. The zero-order valence-electron chi connectivity index (χ0n) is 13.0. The molecule has 0 atom stereocenters. The molecular formula is C15H24ClN3O2. The Kier molecular flexibility index (Phi) is 8.08. The van der Waals surface area contributed by atoms with Crippen LogP contribution >= 0.6 is 11.6 Å². The molecule has 0 aliphatic heterocycles. The number of anilines is 1. The van der Waals surface area contributed by atoms with Crippen molar-refractivity contribution in [1.82, 2.24) is 9.88 Å². The molecule has 1 N–H and O–H groups in total. The Morgan fingerprint density at radius 3 is 2.81 bits per heavy atom. The third-order valence-electron chi connectivity index (χ3n) is 3.02. The smallest absolute Gasteiger partial charge is 0.255 e. The van der Waals surface area contributed by atoms with E-state index in [1.807, 2.05) is 13.8 Å². The van der Waals surface area contributed by atoms with Crippen molar-refractivity contribution in [1.29, 1.82) is 0 Å². The lowest BCUT2D eigenvalue weighted by atomic mass is 10.2. The van der Waals surface area contributed by atoms with Crippen LogP contribution in [-0.4, -0.2) is 48.6 Å². The van der Waals surface area contributed by atoms with Crippen molar-refractivity contribution in [2.45, 2.75) is 27.2 Å². The number of halogens is 1. The summed E-state index contributed by atoms with van der Waals surface area (Å²) in [5, 5.41) is 3.53. The standard InChI is InChI=1S/C15H24ClN3O2/c1-4-7-17-14-10-12(13(16)11-18-14)15(20)19(5-2)8-9-21-6-3/h10-11H,4-9H2,1-3H3,(H,17,18). The van der Waals surface area contributed by atoms with Crippen LogP contribution in [0, 0.1) is 0 Å². The Hall–Kier alpha value is -1.33. The van der Waals surface area contributed by atoms with Gasteiger partial charge >= 0.3 is 0 Å². The van der Waals surface area contributed by atoms with E-state index >= 15 is 0 Å². The lowest BCUT2D eigenvalue weighted by Crippen LogP contribution is -2.34. The Labute approximate surface area is 131 Å². The van der Waals surface area contributed by atoms with Gasteiger partial charge < -0.3 is 15.0 Å². The minimum Gasteiger partial charge on any atom is -0.380 e. The lowest BCUT2D eigenvalue weighted by molar-refractivity contribution is 0.0669. The van der Waals surface area contributed by atoms with Crippen LogP contribution in [0.2, 0.25) is 5.02 Å². The van der Waals surface area contributed by atoms with Gasteiger partial charge in [-0.3, -0.25) is 4.79 Å². The summed E-state index contributed by atoms with van der Waals surface area (Å²) in [4.78, 5) is 18.5. The Bertz CT molecular complexity index is 455. The highest BCUT2D eigenvalue weighted by molar-refractivity contribution is 6.33. The van der Waals surface area contributed by atoms with Crippen molar-refractivity contribution in [3.8, 4) is 0 Å². The van der Waals surface area contributed by atoms with Crippen molar-refractivity contribution in [3.05, 3.63) is 22.8 Å². The molecule has 0 radical (unpaired) electrons. The summed E-state index contributed by atoms with van der Waals surface area (Å²) >= 11 is 6.12. The first-order valence-corrected chi connectivity index (χ1v) is 7.78. The third kappa shape index (κ3) is 5.52. The Balaban J connectivity index is 2.82. The molecule has 6 heteroatoms. The van der Waals surface area contributed by atoms with Gasteiger partial charge in [0.2, 0.25) is 0 Å². The first-order chi connectivity index (χ1) is 10.1. The minimum absolute atomic E-state index is 0.0934. The first kappa shape index (κ1) is 17.7. The maximum atomic E-state index is 12.5. The number of hydrogen-bond acceptors (Lipinski definition) is 4. The number of nitrogens with zero attached hydrogens (tertiary/aromatic N) is 2. The molecule has 0 unspecified atom stereocenters. The van der Waals surface area contributed by atoms with Gasteiger partial charge in [0.05, 0.1) is 17.2 Å². The monoisotopic (exact) mass is 313 g/mol. The molecule has 0 aliphatic carbocycles. The maximum Gasteiger partial charge on any atom is 0.255 e. The summed E-state index contributed by atoms with van der Waals surface area (Å²) < 4.78 is 5.31. The van der Waals surface area contributed by atoms with Gasteiger partial charge in [0.15, 0.2) is 0 Å². The largest absolute Gasteiger partial charge is 0.380 e. The number of rotatable bonds is 9. The second-order valence-corrected chi connectivity index (χ2v) is 4.97. The van der Waals surface area contributed by atoms with E-state index in [0.29, 0.717) is 42.7 Å². The number of aromatic nitrogens is 1. The predicted molar refractivity (Wildman–Crippen MR) is 86.1 cm³/mol. The van der Waals surface area contributed by atoms with E-state index < -0.39 is 0 Å². The first-order valence-electron chi connectivity index (χ1n) is 7.40. The number of carbonyl (C=O) groups excluding carboxylic acids is 1. The number of amides is 1. The van der Waals surface area contributed by atoms with Gasteiger partial charge in [0, 0.05) is 32.4 Å². The van der Waals surface area contributed by atoms with Crippen molar-refractivity contribution in [3.63, 3.8) is 0 Å². The summed E-state index contributed by atoms with van der Waals surface area (Å²) in [6, 6.07) is 1.71. The van der Waals surface area contributed by atoms with E-state index in [0.717, 1.165) is 13.0 Å². The summed E-state index contributed by atoms with van der Waals surface area (Å²) in [5.41, 5.74) is 0.476. The van der Waals surface area contributed by atoms with Crippen molar-refractivity contribution in [2.75, 3.05) is 38.2 Å². The number of nitrogens with one attached hydrogen (secondary N) is 1. The van der Waals surface area contributed by atoms with Crippen molar-refractivity contribution < 1.29 is 9.53 Å². The van der Waals surface area contributed by atoms with E-state index in [4.69, 9.17) is 16.3 Å². The van der Waals surface area contributed by atoms with E-state index in [-0.39, 0.29) is 5.91 Å². The van der Waals surface area contributed by atoms with Gasteiger partial charge in [-0.2, -0.15) is 0 Å². The number of pyridine rings is 1. The lowest BCUT2D eigenvalue weighted by Gasteiger charge is -2.21. The molecule has 21 heavy (non-hydrogen) atoms. The molecule has 0 aliphatic rings. The molecule has 1 aromatic rings. The van der Waals surface area contributed by atoms with Gasteiger partial charge in [0.25, 0.3) is 5.91 Å².